The van der Waals surface area contributed by atoms with Gasteiger partial charge in [0.2, 0.25) is 5.91 Å². The number of anilines is 1. The topological polar surface area (TPSA) is 82.0 Å². The average Bonchev–Trinajstić information content (AvgIpc) is 3.07. The summed E-state index contributed by atoms with van der Waals surface area (Å²) in [7, 11) is 9.64. The summed E-state index contributed by atoms with van der Waals surface area (Å²) >= 11 is 0. The molecule has 264 valence electrons. The molecule has 1 aliphatic rings. The number of carbonyl (C=O) groups excluding carboxylic acids is 2. The van der Waals surface area contributed by atoms with Gasteiger partial charge in [0.05, 0.1) is 5.69 Å². The molecule has 1 aromatic heterocycles. The lowest BCUT2D eigenvalue weighted by atomic mass is 9.86. The van der Waals surface area contributed by atoms with Gasteiger partial charge in [0.25, 0.3) is 11.5 Å². The van der Waals surface area contributed by atoms with Gasteiger partial charge in [0.1, 0.15) is 11.7 Å². The Bertz CT molecular complexity index is 1890. The van der Waals surface area contributed by atoms with Crippen LogP contribution in [0.15, 0.2) is 77.7 Å². The van der Waals surface area contributed by atoms with Crippen molar-refractivity contribution in [2.75, 3.05) is 59.3 Å². The molecule has 5 rings (SSSR count). The van der Waals surface area contributed by atoms with Gasteiger partial charge >= 0.3 is 0 Å². The molecule has 0 radical (unpaired) electrons. The maximum Gasteiger partial charge on any atom is 0.272 e. The van der Waals surface area contributed by atoms with Crippen molar-refractivity contribution in [1.82, 2.24) is 24.3 Å². The minimum absolute atomic E-state index is 0.00726. The van der Waals surface area contributed by atoms with Crippen LogP contribution in [0.1, 0.15) is 71.5 Å². The lowest BCUT2D eigenvalue weighted by Crippen LogP contribution is -2.48. The Balaban J connectivity index is 1.46. The first-order valence-corrected chi connectivity index (χ1v) is 17.4. The normalized spacial score (nSPS) is 15.5. The number of nitrogens with zero attached hydrogens (tertiary/aromatic N) is 6. The van der Waals surface area contributed by atoms with Gasteiger partial charge in [-0.1, -0.05) is 69.3 Å². The Morgan fingerprint density at radius 3 is 2.22 bits per heavy atom. The van der Waals surface area contributed by atoms with Crippen molar-refractivity contribution in [3.05, 3.63) is 117 Å². The summed E-state index contributed by atoms with van der Waals surface area (Å²) in [5.41, 5.74) is 7.26. The van der Waals surface area contributed by atoms with Gasteiger partial charge in [0, 0.05) is 63.2 Å². The predicted molar refractivity (Wildman–Crippen MR) is 202 cm³/mol. The lowest BCUT2D eigenvalue weighted by molar-refractivity contribution is -0.139. The van der Waals surface area contributed by atoms with E-state index in [-0.39, 0.29) is 28.8 Å². The van der Waals surface area contributed by atoms with E-state index in [0.717, 1.165) is 47.5 Å². The monoisotopic (exact) mass is 676 g/mol. The van der Waals surface area contributed by atoms with Crippen molar-refractivity contribution in [3.8, 4) is 11.3 Å². The molecule has 0 saturated carbocycles. The third kappa shape index (κ3) is 8.06. The first-order chi connectivity index (χ1) is 23.6. The van der Waals surface area contributed by atoms with Crippen molar-refractivity contribution in [2.45, 2.75) is 52.0 Å². The van der Waals surface area contributed by atoms with Crippen LogP contribution in [0.4, 0.5) is 5.69 Å². The van der Waals surface area contributed by atoms with Gasteiger partial charge in [-0.3, -0.25) is 19.3 Å². The highest BCUT2D eigenvalue weighted by molar-refractivity contribution is 6.07. The largest absolute Gasteiger partial charge is 0.343 e. The number of aryl methyl sites for hydroxylation is 1. The molecule has 0 spiro atoms. The molecule has 0 bridgehead atoms. The molecule has 3 aromatic carbocycles. The van der Waals surface area contributed by atoms with Gasteiger partial charge < -0.3 is 19.3 Å². The molecule has 1 aliphatic heterocycles. The maximum absolute atomic E-state index is 14.1. The summed E-state index contributed by atoms with van der Waals surface area (Å²) in [5.74, 6) is 0.0403. The Morgan fingerprint density at radius 2 is 1.58 bits per heavy atom. The molecule has 50 heavy (non-hydrogen) atoms. The number of carbonyl (C=O) groups is 2. The van der Waals surface area contributed by atoms with Crippen LogP contribution in [0, 0.1) is 6.92 Å². The number of aromatic nitrogens is 2. The predicted octanol–water partition coefficient (Wildman–Crippen LogP) is 5.69. The second-order valence-corrected chi connectivity index (χ2v) is 14.9. The SMILES string of the molecule is Cc1c(-c2cn(C)c(=O)c(Cc3ccc(C4C(=O)N(C)CCN4C)cc3)n2)cccc1N(CCCN(C)C)C(=O)c1ccc(C(C)(C)C)cc1. The highest BCUT2D eigenvalue weighted by Gasteiger charge is 2.32. The number of amides is 2. The van der Waals surface area contributed by atoms with E-state index in [1.807, 2.05) is 107 Å². The van der Waals surface area contributed by atoms with E-state index in [1.54, 1.807) is 22.7 Å². The highest BCUT2D eigenvalue weighted by atomic mass is 16.2. The minimum atomic E-state index is -0.315. The zero-order chi connectivity index (χ0) is 36.3. The van der Waals surface area contributed by atoms with Crippen LogP contribution in [0.5, 0.6) is 0 Å². The van der Waals surface area contributed by atoms with E-state index in [9.17, 15) is 14.4 Å². The van der Waals surface area contributed by atoms with Crippen LogP contribution in [-0.2, 0) is 23.7 Å². The Hall–Kier alpha value is -4.60. The number of hydrogen-bond acceptors (Lipinski definition) is 6. The van der Waals surface area contributed by atoms with E-state index in [0.29, 0.717) is 36.5 Å². The summed E-state index contributed by atoms with van der Waals surface area (Å²) in [5, 5.41) is 0. The second kappa shape index (κ2) is 15.1. The zero-order valence-electron chi connectivity index (χ0n) is 31.2. The van der Waals surface area contributed by atoms with Crippen molar-refractivity contribution in [1.29, 1.82) is 0 Å². The fourth-order valence-electron chi connectivity index (χ4n) is 6.60. The first-order valence-electron chi connectivity index (χ1n) is 17.4. The molecule has 1 unspecified atom stereocenters. The molecular weight excluding hydrogens is 624 g/mol. The standard InChI is InChI=1S/C41H52N6O3/c1-28-33(12-10-13-36(28)47(23-11-22-43(5)6)38(48)31-18-20-32(21-19-31)41(2,3)4)35-27-46(9)39(49)34(42-35)26-29-14-16-30(17-15-29)37-40(50)45(8)25-24-44(37)7/h10,12-21,27,37H,11,22-26H2,1-9H3. The molecule has 4 aromatic rings. The smallest absolute Gasteiger partial charge is 0.272 e. The molecule has 9 heteroatoms. The van der Waals surface area contributed by atoms with E-state index in [2.05, 4.69) is 30.6 Å². The molecule has 1 fully saturated rings. The van der Waals surface area contributed by atoms with Gasteiger partial charge in [-0.05, 0) is 86.9 Å². The van der Waals surface area contributed by atoms with Crippen LogP contribution in [-0.4, -0.2) is 90.4 Å². The Labute approximate surface area is 297 Å². The molecule has 0 N–H and O–H groups in total. The molecule has 2 amide bonds. The molecule has 2 heterocycles. The van der Waals surface area contributed by atoms with Crippen molar-refractivity contribution in [3.63, 3.8) is 0 Å². The highest BCUT2D eigenvalue weighted by Crippen LogP contribution is 2.32. The summed E-state index contributed by atoms with van der Waals surface area (Å²) in [6.07, 6.45) is 2.94. The van der Waals surface area contributed by atoms with Gasteiger partial charge in [-0.2, -0.15) is 0 Å². The number of hydrogen-bond donors (Lipinski definition) is 0. The second-order valence-electron chi connectivity index (χ2n) is 14.9. The minimum Gasteiger partial charge on any atom is -0.343 e. The van der Waals surface area contributed by atoms with E-state index in [1.165, 1.54) is 5.56 Å². The zero-order valence-corrected chi connectivity index (χ0v) is 31.2. The number of rotatable bonds is 10. The van der Waals surface area contributed by atoms with E-state index >= 15 is 0 Å². The fraction of sp³-hybridized carbons (Fsp3) is 0.415. The first kappa shape index (κ1) is 36.7. The van der Waals surface area contributed by atoms with Crippen molar-refractivity contribution >= 4 is 17.5 Å². The third-order valence-electron chi connectivity index (χ3n) is 9.75. The lowest BCUT2D eigenvalue weighted by Gasteiger charge is -2.37. The van der Waals surface area contributed by atoms with E-state index < -0.39 is 0 Å². The molecule has 1 atom stereocenters. The van der Waals surface area contributed by atoms with Crippen LogP contribution in [0.2, 0.25) is 0 Å². The molecular formula is C41H52N6O3. The van der Waals surface area contributed by atoms with Crippen LogP contribution in [0.3, 0.4) is 0 Å². The molecule has 9 nitrogen and oxygen atoms in total. The van der Waals surface area contributed by atoms with E-state index in [4.69, 9.17) is 4.98 Å². The van der Waals surface area contributed by atoms with Crippen molar-refractivity contribution in [2.24, 2.45) is 7.05 Å². The van der Waals surface area contributed by atoms with Crippen LogP contribution < -0.4 is 10.5 Å². The third-order valence-corrected chi connectivity index (χ3v) is 9.75. The number of likely N-dealkylation sites (N-methyl/N-ethyl adjacent to an activating group) is 2. The summed E-state index contributed by atoms with van der Waals surface area (Å²) < 4.78 is 1.58. The Kier molecular flexibility index (Phi) is 11.1. The van der Waals surface area contributed by atoms with Gasteiger partial charge in [0.15, 0.2) is 0 Å². The van der Waals surface area contributed by atoms with Crippen LogP contribution >= 0.6 is 0 Å². The Morgan fingerprint density at radius 1 is 0.900 bits per heavy atom. The number of piperazine rings is 1. The average molecular weight is 677 g/mol. The molecule has 1 saturated heterocycles. The fourth-order valence-corrected chi connectivity index (χ4v) is 6.60. The maximum atomic E-state index is 14.1. The number of benzene rings is 3. The van der Waals surface area contributed by atoms with Gasteiger partial charge in [-0.25, -0.2) is 4.98 Å². The quantitative estimate of drug-likeness (QED) is 0.215. The van der Waals surface area contributed by atoms with Gasteiger partial charge in [-0.15, -0.1) is 0 Å². The summed E-state index contributed by atoms with van der Waals surface area (Å²) in [4.78, 5) is 53.2. The summed E-state index contributed by atoms with van der Waals surface area (Å²) in [6.45, 7) is 11.5. The van der Waals surface area contributed by atoms with Crippen molar-refractivity contribution < 1.29 is 9.59 Å². The molecule has 0 aliphatic carbocycles. The van der Waals surface area contributed by atoms with Crippen LogP contribution in [0.25, 0.3) is 11.3 Å². The summed E-state index contributed by atoms with van der Waals surface area (Å²) in [6, 6.07) is 21.5.